The van der Waals surface area contributed by atoms with Crippen molar-refractivity contribution >= 4 is 21.8 Å². The average Bonchev–Trinajstić information content (AvgIpc) is 2.13. The monoisotopic (exact) mass is 202 g/mol. The van der Waals surface area contributed by atoms with E-state index in [9.17, 15) is 0 Å². The molecule has 0 aliphatic carbocycles. The topological polar surface area (TPSA) is 67.7 Å². The lowest BCUT2D eigenvalue weighted by Gasteiger charge is -1.95. The Bertz CT molecular complexity index is 242. The molecule has 0 amide bonds. The van der Waals surface area contributed by atoms with Crippen LogP contribution in [-0.2, 0) is 6.54 Å². The van der Waals surface area contributed by atoms with Gasteiger partial charge in [-0.2, -0.15) is 5.10 Å². The molecule has 0 bridgehead atoms. The Morgan fingerprint density at radius 1 is 1.90 bits per heavy atom. The molecule has 10 heavy (non-hydrogen) atoms. The lowest BCUT2D eigenvalue weighted by Crippen LogP contribution is -2.17. The highest BCUT2D eigenvalue weighted by molar-refractivity contribution is 9.10. The molecule has 5 heteroatoms. The fourth-order valence-corrected chi connectivity index (χ4v) is 0.927. The summed E-state index contributed by atoms with van der Waals surface area (Å²) in [7, 11) is 0. The normalized spacial score (nSPS) is 9.70. The molecule has 3 N–H and O–H groups in total. The van der Waals surface area contributed by atoms with Crippen LogP contribution in [0.3, 0.4) is 0 Å². The molecule has 1 aromatic rings. The van der Waals surface area contributed by atoms with E-state index in [2.05, 4.69) is 21.0 Å². The fourth-order valence-electron chi connectivity index (χ4n) is 0.599. The van der Waals surface area contributed by atoms with E-state index in [4.69, 9.17) is 11.1 Å². The van der Waals surface area contributed by atoms with Gasteiger partial charge in [0.1, 0.15) is 5.84 Å². The molecule has 0 aromatic carbocycles. The minimum absolute atomic E-state index is 0.107. The third-order valence-electron chi connectivity index (χ3n) is 0.934. The molecule has 1 aromatic heterocycles. The summed E-state index contributed by atoms with van der Waals surface area (Å²) in [5.41, 5.74) is 5.14. The van der Waals surface area contributed by atoms with Crippen molar-refractivity contribution in [3.63, 3.8) is 0 Å². The number of hydrogen-bond acceptors (Lipinski definition) is 2. The van der Waals surface area contributed by atoms with E-state index < -0.39 is 0 Å². The first kappa shape index (κ1) is 7.27. The van der Waals surface area contributed by atoms with Gasteiger partial charge in [-0.15, -0.1) is 0 Å². The van der Waals surface area contributed by atoms with E-state index >= 15 is 0 Å². The van der Waals surface area contributed by atoms with E-state index in [1.165, 1.54) is 0 Å². The standard InChI is InChI=1S/C5H7BrN4/c6-4-1-9-10(2-4)3-5(7)8/h1-2H,3H2,(H3,7,8). The zero-order valence-corrected chi connectivity index (χ0v) is 6.80. The second-order valence-electron chi connectivity index (χ2n) is 1.88. The summed E-state index contributed by atoms with van der Waals surface area (Å²) in [6, 6.07) is 0. The maximum Gasteiger partial charge on any atom is 0.113 e. The second-order valence-corrected chi connectivity index (χ2v) is 2.80. The molecule has 0 aliphatic heterocycles. The third kappa shape index (κ3) is 1.84. The number of nitrogens with one attached hydrogen (secondary N) is 1. The lowest BCUT2D eigenvalue weighted by molar-refractivity contribution is 0.718. The van der Waals surface area contributed by atoms with Gasteiger partial charge < -0.3 is 5.73 Å². The van der Waals surface area contributed by atoms with Crippen molar-refractivity contribution in [2.45, 2.75) is 6.54 Å². The summed E-state index contributed by atoms with van der Waals surface area (Å²) in [6.07, 6.45) is 3.42. The maximum atomic E-state index is 6.94. The van der Waals surface area contributed by atoms with Crippen LogP contribution in [-0.4, -0.2) is 15.6 Å². The van der Waals surface area contributed by atoms with E-state index in [-0.39, 0.29) is 5.84 Å². The van der Waals surface area contributed by atoms with Gasteiger partial charge in [0, 0.05) is 6.20 Å². The molecule has 0 fully saturated rings. The van der Waals surface area contributed by atoms with E-state index in [0.717, 1.165) is 4.47 Å². The molecule has 0 saturated heterocycles. The van der Waals surface area contributed by atoms with Crippen LogP contribution >= 0.6 is 15.9 Å². The lowest BCUT2D eigenvalue weighted by atomic mass is 10.6. The predicted molar refractivity (Wildman–Crippen MR) is 41.8 cm³/mol. The first-order valence-electron chi connectivity index (χ1n) is 2.69. The quantitative estimate of drug-likeness (QED) is 0.545. The Hall–Kier alpha value is -0.840. The summed E-state index contributed by atoms with van der Waals surface area (Å²) in [5.74, 6) is 0.107. The van der Waals surface area contributed by atoms with Crippen LogP contribution in [0.2, 0.25) is 0 Å². The predicted octanol–water partition coefficient (Wildman–Crippen LogP) is 0.582. The number of aromatic nitrogens is 2. The zero-order valence-electron chi connectivity index (χ0n) is 5.21. The van der Waals surface area contributed by atoms with Crippen molar-refractivity contribution in [2.75, 3.05) is 0 Å². The van der Waals surface area contributed by atoms with Gasteiger partial charge in [-0.25, -0.2) is 0 Å². The number of nitrogens with zero attached hydrogens (tertiary/aromatic N) is 2. The highest BCUT2D eigenvalue weighted by Crippen LogP contribution is 2.05. The number of rotatable bonds is 2. The Morgan fingerprint density at radius 2 is 2.60 bits per heavy atom. The smallest absolute Gasteiger partial charge is 0.113 e. The van der Waals surface area contributed by atoms with Crippen LogP contribution < -0.4 is 5.73 Å². The van der Waals surface area contributed by atoms with Gasteiger partial charge in [0.2, 0.25) is 0 Å². The van der Waals surface area contributed by atoms with Crippen LogP contribution in [0, 0.1) is 5.41 Å². The largest absolute Gasteiger partial charge is 0.386 e. The van der Waals surface area contributed by atoms with Gasteiger partial charge in [0.25, 0.3) is 0 Å². The van der Waals surface area contributed by atoms with Crippen molar-refractivity contribution in [3.8, 4) is 0 Å². The van der Waals surface area contributed by atoms with Gasteiger partial charge in [-0.3, -0.25) is 10.1 Å². The summed E-state index contributed by atoms with van der Waals surface area (Å²) >= 11 is 3.23. The van der Waals surface area contributed by atoms with E-state index in [0.29, 0.717) is 6.54 Å². The van der Waals surface area contributed by atoms with E-state index in [1.807, 2.05) is 0 Å². The van der Waals surface area contributed by atoms with Crippen molar-refractivity contribution in [2.24, 2.45) is 5.73 Å². The van der Waals surface area contributed by atoms with Crippen LogP contribution in [0.15, 0.2) is 16.9 Å². The Balaban J connectivity index is 2.67. The van der Waals surface area contributed by atoms with Crippen molar-refractivity contribution in [1.29, 1.82) is 5.41 Å². The molecule has 0 radical (unpaired) electrons. The highest BCUT2D eigenvalue weighted by atomic mass is 79.9. The molecule has 0 atom stereocenters. The Labute approximate surface area is 66.7 Å². The van der Waals surface area contributed by atoms with Gasteiger partial charge in [-0.05, 0) is 15.9 Å². The number of amidine groups is 1. The van der Waals surface area contributed by atoms with Crippen LogP contribution in [0.5, 0.6) is 0 Å². The van der Waals surface area contributed by atoms with Crippen molar-refractivity contribution < 1.29 is 0 Å². The molecular formula is C5H7BrN4. The molecule has 0 aliphatic rings. The van der Waals surface area contributed by atoms with Gasteiger partial charge in [0.15, 0.2) is 0 Å². The SMILES string of the molecule is N=C(N)Cn1cc(Br)cn1. The minimum Gasteiger partial charge on any atom is -0.386 e. The average molecular weight is 203 g/mol. The number of hydrogen-bond donors (Lipinski definition) is 2. The molecule has 0 saturated carbocycles. The van der Waals surface area contributed by atoms with Crippen molar-refractivity contribution in [3.05, 3.63) is 16.9 Å². The van der Waals surface area contributed by atoms with Crippen LogP contribution in [0.1, 0.15) is 0 Å². The molecular weight excluding hydrogens is 196 g/mol. The zero-order chi connectivity index (χ0) is 7.56. The molecule has 4 nitrogen and oxygen atoms in total. The van der Waals surface area contributed by atoms with Gasteiger partial charge in [-0.1, -0.05) is 0 Å². The first-order valence-corrected chi connectivity index (χ1v) is 3.48. The second kappa shape index (κ2) is 2.83. The van der Waals surface area contributed by atoms with Crippen LogP contribution in [0.4, 0.5) is 0 Å². The molecule has 54 valence electrons. The minimum atomic E-state index is 0.107. The first-order chi connectivity index (χ1) is 4.68. The van der Waals surface area contributed by atoms with Crippen molar-refractivity contribution in [1.82, 2.24) is 9.78 Å². The fraction of sp³-hybridized carbons (Fsp3) is 0.200. The maximum absolute atomic E-state index is 6.94. The number of halogens is 1. The highest BCUT2D eigenvalue weighted by Gasteiger charge is 1.94. The van der Waals surface area contributed by atoms with Gasteiger partial charge >= 0.3 is 0 Å². The summed E-state index contributed by atoms with van der Waals surface area (Å²) in [5, 5.41) is 10.8. The Kier molecular flexibility index (Phi) is 2.06. The molecule has 1 heterocycles. The molecule has 0 spiro atoms. The number of nitrogens with two attached hydrogens (primary N) is 1. The molecule has 1 rings (SSSR count). The Morgan fingerprint density at radius 3 is 3.00 bits per heavy atom. The summed E-state index contributed by atoms with van der Waals surface area (Å²) < 4.78 is 2.49. The van der Waals surface area contributed by atoms with E-state index in [1.54, 1.807) is 17.1 Å². The third-order valence-corrected chi connectivity index (χ3v) is 1.34. The van der Waals surface area contributed by atoms with Crippen LogP contribution in [0.25, 0.3) is 0 Å². The molecule has 0 unspecified atom stereocenters. The summed E-state index contributed by atoms with van der Waals surface area (Å²) in [4.78, 5) is 0. The van der Waals surface area contributed by atoms with Gasteiger partial charge in [0.05, 0.1) is 17.2 Å². The summed E-state index contributed by atoms with van der Waals surface area (Å²) in [6.45, 7) is 0.353.